The molecule has 0 aliphatic carbocycles. The Balaban J connectivity index is 2.52. The number of para-hydroxylation sites is 1. The minimum Gasteiger partial charge on any atom is -0.487 e. The predicted octanol–water partition coefficient (Wildman–Crippen LogP) is 2.21. The van der Waals surface area contributed by atoms with Crippen LogP contribution >= 0.6 is 0 Å². The van der Waals surface area contributed by atoms with Crippen LogP contribution in [-0.2, 0) is 4.74 Å². The maximum Gasteiger partial charge on any atom is 0.194 e. The van der Waals surface area contributed by atoms with Crippen LogP contribution in [0.25, 0.3) is 10.9 Å². The van der Waals surface area contributed by atoms with Crippen molar-refractivity contribution in [3.8, 4) is 5.75 Å². The molecule has 0 saturated carbocycles. The number of rotatable bonds is 5. The molecule has 18 heavy (non-hydrogen) atoms. The summed E-state index contributed by atoms with van der Waals surface area (Å²) < 4.78 is 24.1. The molecule has 0 bridgehead atoms. The van der Waals surface area contributed by atoms with E-state index in [9.17, 15) is 9.18 Å². The highest BCUT2D eigenvalue weighted by molar-refractivity contribution is 5.89. The van der Waals surface area contributed by atoms with Gasteiger partial charge in [-0.25, -0.2) is 9.37 Å². The van der Waals surface area contributed by atoms with Gasteiger partial charge in [-0.2, -0.15) is 0 Å². The third kappa shape index (κ3) is 2.31. The summed E-state index contributed by atoms with van der Waals surface area (Å²) in [6.07, 6.45) is 0.380. The number of hydrogen-bond acceptors (Lipinski definition) is 4. The zero-order valence-corrected chi connectivity index (χ0v) is 9.85. The van der Waals surface area contributed by atoms with Crippen LogP contribution in [0.3, 0.4) is 0 Å². The molecule has 0 aliphatic rings. The Kier molecular flexibility index (Phi) is 3.84. The smallest absolute Gasteiger partial charge is 0.194 e. The third-order valence-electron chi connectivity index (χ3n) is 2.46. The van der Waals surface area contributed by atoms with Gasteiger partial charge in [0.05, 0.1) is 12.1 Å². The third-order valence-corrected chi connectivity index (χ3v) is 2.46. The van der Waals surface area contributed by atoms with Crippen molar-refractivity contribution in [1.29, 1.82) is 0 Å². The molecule has 1 aromatic heterocycles. The minimum absolute atomic E-state index is 0.0414. The number of carbonyl (C=O) groups is 1. The Morgan fingerprint density at radius 1 is 1.33 bits per heavy atom. The molecule has 0 amide bonds. The Hall–Kier alpha value is -2.01. The molecule has 5 heteroatoms. The summed E-state index contributed by atoms with van der Waals surface area (Å²) >= 11 is 0. The average molecular weight is 249 g/mol. The van der Waals surface area contributed by atoms with E-state index in [-0.39, 0.29) is 18.1 Å². The van der Waals surface area contributed by atoms with Gasteiger partial charge in [0.1, 0.15) is 12.3 Å². The number of benzene rings is 1. The van der Waals surface area contributed by atoms with Gasteiger partial charge in [0, 0.05) is 12.5 Å². The number of aldehydes is 1. The highest BCUT2D eigenvalue weighted by Gasteiger charge is 2.15. The van der Waals surface area contributed by atoms with E-state index in [4.69, 9.17) is 9.47 Å². The second-order valence-corrected chi connectivity index (χ2v) is 3.62. The summed E-state index contributed by atoms with van der Waals surface area (Å²) in [6, 6.07) is 6.92. The van der Waals surface area contributed by atoms with Gasteiger partial charge in [0.2, 0.25) is 0 Å². The van der Waals surface area contributed by atoms with Crippen LogP contribution in [0.5, 0.6) is 5.75 Å². The van der Waals surface area contributed by atoms with Crippen molar-refractivity contribution < 1.29 is 18.7 Å². The molecule has 0 saturated heterocycles. The van der Waals surface area contributed by atoms with E-state index in [2.05, 4.69) is 4.98 Å². The van der Waals surface area contributed by atoms with Gasteiger partial charge in [0.15, 0.2) is 17.9 Å². The van der Waals surface area contributed by atoms with Crippen molar-refractivity contribution in [3.63, 3.8) is 0 Å². The molecule has 4 nitrogen and oxygen atoms in total. The highest BCUT2D eigenvalue weighted by Crippen LogP contribution is 2.28. The number of halogens is 1. The minimum atomic E-state index is -0.736. The normalized spacial score (nSPS) is 10.6. The van der Waals surface area contributed by atoms with E-state index in [1.807, 2.05) is 0 Å². The lowest BCUT2D eigenvalue weighted by molar-refractivity contribution is 0.111. The molecule has 0 unspecified atom stereocenters. The van der Waals surface area contributed by atoms with Gasteiger partial charge in [-0.1, -0.05) is 12.1 Å². The van der Waals surface area contributed by atoms with Crippen molar-refractivity contribution in [2.75, 3.05) is 20.3 Å². The van der Waals surface area contributed by atoms with Crippen molar-refractivity contribution in [1.82, 2.24) is 4.98 Å². The van der Waals surface area contributed by atoms with Gasteiger partial charge < -0.3 is 9.47 Å². The van der Waals surface area contributed by atoms with Crippen LogP contribution < -0.4 is 4.74 Å². The van der Waals surface area contributed by atoms with E-state index in [1.54, 1.807) is 24.3 Å². The summed E-state index contributed by atoms with van der Waals surface area (Å²) in [5.74, 6) is -0.695. The van der Waals surface area contributed by atoms with Gasteiger partial charge in [0.25, 0.3) is 0 Å². The van der Waals surface area contributed by atoms with E-state index < -0.39 is 5.82 Å². The van der Waals surface area contributed by atoms with Crippen molar-refractivity contribution >= 4 is 17.2 Å². The zero-order valence-electron chi connectivity index (χ0n) is 9.85. The number of ether oxygens (including phenoxy) is 2. The molecule has 1 heterocycles. The van der Waals surface area contributed by atoms with E-state index in [1.165, 1.54) is 7.11 Å². The first kappa shape index (κ1) is 12.4. The van der Waals surface area contributed by atoms with Crippen molar-refractivity contribution in [2.45, 2.75) is 0 Å². The van der Waals surface area contributed by atoms with Gasteiger partial charge in [-0.05, 0) is 12.1 Å². The quantitative estimate of drug-likeness (QED) is 0.602. The Morgan fingerprint density at radius 3 is 2.83 bits per heavy atom. The lowest BCUT2D eigenvalue weighted by Gasteiger charge is -2.10. The van der Waals surface area contributed by atoms with Crippen LogP contribution in [0.4, 0.5) is 4.39 Å². The fourth-order valence-corrected chi connectivity index (χ4v) is 1.62. The molecular weight excluding hydrogens is 237 g/mol. The van der Waals surface area contributed by atoms with Crippen molar-refractivity contribution in [2.24, 2.45) is 0 Å². The lowest BCUT2D eigenvalue weighted by Crippen LogP contribution is -2.08. The molecule has 0 spiro atoms. The first-order valence-electron chi connectivity index (χ1n) is 5.43. The summed E-state index contributed by atoms with van der Waals surface area (Å²) in [4.78, 5) is 14.7. The van der Waals surface area contributed by atoms with E-state index >= 15 is 0 Å². The molecule has 2 aromatic rings. The molecule has 0 N–H and O–H groups in total. The van der Waals surface area contributed by atoms with Crippen LogP contribution in [0.15, 0.2) is 24.3 Å². The molecule has 94 valence electrons. The molecule has 0 fully saturated rings. The first-order valence-corrected chi connectivity index (χ1v) is 5.43. The maximum atomic E-state index is 14.0. The number of carbonyl (C=O) groups excluding carboxylic acids is 1. The molecule has 0 atom stereocenters. The summed E-state index contributed by atoms with van der Waals surface area (Å²) in [5.41, 5.74) is 0.273. The van der Waals surface area contributed by atoms with Crippen LogP contribution in [0, 0.1) is 5.82 Å². The standard InChI is InChI=1S/C13H12FNO3/c1-17-6-7-18-13-9-4-2-3-5-10(9)15-11(8-16)12(13)14/h2-5,8H,6-7H2,1H3. The number of nitrogens with zero attached hydrogens (tertiary/aromatic N) is 1. The SMILES string of the molecule is COCCOc1c(F)c(C=O)nc2ccccc12. The molecule has 1 aromatic carbocycles. The zero-order chi connectivity index (χ0) is 13.0. The number of methoxy groups -OCH3 is 1. The number of aromatic nitrogens is 1. The highest BCUT2D eigenvalue weighted by atomic mass is 19.1. The second kappa shape index (κ2) is 5.55. The molecule has 2 rings (SSSR count). The average Bonchev–Trinajstić information content (AvgIpc) is 2.41. The Labute approximate surface area is 103 Å². The van der Waals surface area contributed by atoms with E-state index in [0.29, 0.717) is 23.8 Å². The second-order valence-electron chi connectivity index (χ2n) is 3.62. The van der Waals surface area contributed by atoms with Crippen LogP contribution in [0.2, 0.25) is 0 Å². The lowest BCUT2D eigenvalue weighted by atomic mass is 10.1. The fraction of sp³-hybridized carbons (Fsp3) is 0.231. The summed E-state index contributed by atoms with van der Waals surface area (Å²) in [7, 11) is 1.53. The first-order chi connectivity index (χ1) is 8.77. The van der Waals surface area contributed by atoms with Gasteiger partial charge in [-0.3, -0.25) is 4.79 Å². The molecule has 0 aliphatic heterocycles. The van der Waals surface area contributed by atoms with E-state index in [0.717, 1.165) is 0 Å². The number of fused-ring (bicyclic) bond motifs is 1. The Morgan fingerprint density at radius 2 is 2.11 bits per heavy atom. The maximum absolute atomic E-state index is 14.0. The fourth-order valence-electron chi connectivity index (χ4n) is 1.62. The summed E-state index contributed by atoms with van der Waals surface area (Å²) in [5, 5.41) is 0.539. The summed E-state index contributed by atoms with van der Waals surface area (Å²) in [6.45, 7) is 0.548. The number of hydrogen-bond donors (Lipinski definition) is 0. The largest absolute Gasteiger partial charge is 0.487 e. The Bertz CT molecular complexity index is 571. The monoisotopic (exact) mass is 249 g/mol. The van der Waals surface area contributed by atoms with Crippen LogP contribution in [-0.4, -0.2) is 31.6 Å². The topological polar surface area (TPSA) is 48.4 Å². The van der Waals surface area contributed by atoms with Gasteiger partial charge >= 0.3 is 0 Å². The van der Waals surface area contributed by atoms with Crippen LogP contribution in [0.1, 0.15) is 10.5 Å². The predicted molar refractivity (Wildman–Crippen MR) is 64.5 cm³/mol. The number of pyridine rings is 1. The van der Waals surface area contributed by atoms with Crippen molar-refractivity contribution in [3.05, 3.63) is 35.8 Å². The molecular formula is C13H12FNO3. The van der Waals surface area contributed by atoms with Gasteiger partial charge in [-0.15, -0.1) is 0 Å². The molecule has 0 radical (unpaired) electrons.